The van der Waals surface area contributed by atoms with Crippen LogP contribution in [0.3, 0.4) is 0 Å². The molecule has 0 radical (unpaired) electrons. The SMILES string of the molecule is CC(C(=O)O)N(Cc1nc(N)c2c3c(sc2n1)CCCC3)C1CC1. The van der Waals surface area contributed by atoms with E-state index in [0.717, 1.165) is 35.9 Å². The number of hydrogen-bond acceptors (Lipinski definition) is 6. The summed E-state index contributed by atoms with van der Waals surface area (Å²) in [5.74, 6) is 0.384. The van der Waals surface area contributed by atoms with Crippen LogP contribution in [0.1, 0.15) is 48.9 Å². The van der Waals surface area contributed by atoms with E-state index in [9.17, 15) is 9.90 Å². The average Bonchev–Trinajstić information content (AvgIpc) is 3.31. The van der Waals surface area contributed by atoms with Gasteiger partial charge < -0.3 is 10.8 Å². The van der Waals surface area contributed by atoms with Crippen molar-refractivity contribution in [1.82, 2.24) is 14.9 Å². The third kappa shape index (κ3) is 2.75. The largest absolute Gasteiger partial charge is 0.480 e. The van der Waals surface area contributed by atoms with Gasteiger partial charge in [-0.1, -0.05) is 0 Å². The molecule has 3 N–H and O–H groups in total. The van der Waals surface area contributed by atoms with Crippen molar-refractivity contribution >= 4 is 33.3 Å². The number of fused-ring (bicyclic) bond motifs is 3. The summed E-state index contributed by atoms with van der Waals surface area (Å²) in [6, 6.07) is -0.206. The normalized spacial score (nSPS) is 18.8. The van der Waals surface area contributed by atoms with Crippen molar-refractivity contribution in [1.29, 1.82) is 0 Å². The van der Waals surface area contributed by atoms with Crippen molar-refractivity contribution in [3.63, 3.8) is 0 Å². The monoisotopic (exact) mass is 346 g/mol. The lowest BCUT2D eigenvalue weighted by molar-refractivity contribution is -0.143. The lowest BCUT2D eigenvalue weighted by Crippen LogP contribution is -2.40. The number of carboxylic acid groups (broad SMARTS) is 1. The number of nitrogen functional groups attached to an aromatic ring is 1. The van der Waals surface area contributed by atoms with Crippen LogP contribution < -0.4 is 5.73 Å². The number of aromatic nitrogens is 2. The fourth-order valence-electron chi connectivity index (χ4n) is 3.60. The second-order valence-corrected chi connectivity index (χ2v) is 7.92. The Morgan fingerprint density at radius 1 is 1.38 bits per heavy atom. The summed E-state index contributed by atoms with van der Waals surface area (Å²) in [5, 5.41) is 10.4. The van der Waals surface area contributed by atoms with E-state index < -0.39 is 12.0 Å². The molecule has 6 nitrogen and oxygen atoms in total. The summed E-state index contributed by atoms with van der Waals surface area (Å²) < 4.78 is 0. The predicted octanol–water partition coefficient (Wildman–Crippen LogP) is 2.59. The first-order valence-corrected chi connectivity index (χ1v) is 9.41. The van der Waals surface area contributed by atoms with Gasteiger partial charge in [-0.3, -0.25) is 9.69 Å². The Balaban J connectivity index is 1.68. The highest BCUT2D eigenvalue weighted by atomic mass is 32.1. The Labute approximate surface area is 144 Å². The third-order valence-corrected chi connectivity index (χ3v) is 6.27. The first kappa shape index (κ1) is 15.8. The second-order valence-electron chi connectivity index (χ2n) is 6.83. The Hall–Kier alpha value is -1.73. The van der Waals surface area contributed by atoms with E-state index in [2.05, 4.69) is 4.98 Å². The minimum absolute atomic E-state index is 0.327. The molecule has 0 spiro atoms. The van der Waals surface area contributed by atoms with Crippen molar-refractivity contribution in [2.45, 2.75) is 64.1 Å². The van der Waals surface area contributed by atoms with Crippen LogP contribution in [0, 0.1) is 0 Å². The molecule has 2 heterocycles. The van der Waals surface area contributed by atoms with Gasteiger partial charge in [-0.05, 0) is 51.0 Å². The van der Waals surface area contributed by atoms with E-state index in [-0.39, 0.29) is 0 Å². The zero-order chi connectivity index (χ0) is 16.8. The molecule has 0 aliphatic heterocycles. The van der Waals surface area contributed by atoms with Crippen LogP contribution in [0.15, 0.2) is 0 Å². The molecule has 1 fully saturated rings. The van der Waals surface area contributed by atoms with Gasteiger partial charge in [0.25, 0.3) is 0 Å². The van der Waals surface area contributed by atoms with Crippen molar-refractivity contribution in [3.8, 4) is 0 Å². The Morgan fingerprint density at radius 2 is 2.12 bits per heavy atom. The van der Waals surface area contributed by atoms with Crippen molar-refractivity contribution < 1.29 is 9.90 Å². The van der Waals surface area contributed by atoms with Gasteiger partial charge in [0.15, 0.2) is 0 Å². The molecule has 2 aromatic heterocycles. The van der Waals surface area contributed by atoms with Crippen LogP contribution in [0.5, 0.6) is 0 Å². The molecular formula is C17H22N4O2S. The molecule has 4 rings (SSSR count). The van der Waals surface area contributed by atoms with Crippen LogP contribution in [0.4, 0.5) is 5.82 Å². The number of aliphatic carboxylic acids is 1. The second kappa shape index (κ2) is 5.97. The number of nitrogens with zero attached hydrogens (tertiary/aromatic N) is 3. The van der Waals surface area contributed by atoms with E-state index in [1.807, 2.05) is 4.90 Å². The highest BCUT2D eigenvalue weighted by Gasteiger charge is 2.35. The predicted molar refractivity (Wildman–Crippen MR) is 94.1 cm³/mol. The van der Waals surface area contributed by atoms with E-state index in [4.69, 9.17) is 10.7 Å². The first-order chi connectivity index (χ1) is 11.5. The molecular weight excluding hydrogens is 324 g/mol. The number of hydrogen-bond donors (Lipinski definition) is 2. The first-order valence-electron chi connectivity index (χ1n) is 8.59. The maximum Gasteiger partial charge on any atom is 0.320 e. The molecule has 2 aromatic rings. The molecule has 2 aliphatic rings. The molecule has 2 aliphatic carbocycles. The van der Waals surface area contributed by atoms with Crippen LogP contribution in [-0.2, 0) is 24.2 Å². The number of nitrogens with two attached hydrogens (primary N) is 1. The summed E-state index contributed by atoms with van der Waals surface area (Å²) in [7, 11) is 0. The van der Waals surface area contributed by atoms with Crippen LogP contribution >= 0.6 is 11.3 Å². The maximum absolute atomic E-state index is 11.4. The van der Waals surface area contributed by atoms with E-state index >= 15 is 0 Å². The Bertz CT molecular complexity index is 799. The standard InChI is InChI=1S/C17H22N4O2S/c1-9(17(22)23)21(10-6-7-10)8-13-19-15(18)14-11-4-2-3-5-12(11)24-16(14)20-13/h9-10H,2-8H2,1H3,(H,22,23)(H2,18,19,20). The molecule has 0 bridgehead atoms. The minimum Gasteiger partial charge on any atom is -0.480 e. The summed E-state index contributed by atoms with van der Waals surface area (Å²) in [6.07, 6.45) is 6.68. The van der Waals surface area contributed by atoms with Gasteiger partial charge in [-0.25, -0.2) is 9.97 Å². The Kier molecular flexibility index (Phi) is 3.92. The smallest absolute Gasteiger partial charge is 0.320 e. The molecule has 0 aromatic carbocycles. The van der Waals surface area contributed by atoms with E-state index in [0.29, 0.717) is 24.2 Å². The minimum atomic E-state index is -0.803. The van der Waals surface area contributed by atoms with Crippen LogP contribution in [0.25, 0.3) is 10.2 Å². The number of thiophene rings is 1. The van der Waals surface area contributed by atoms with Crippen molar-refractivity contribution in [2.75, 3.05) is 5.73 Å². The lowest BCUT2D eigenvalue weighted by Gasteiger charge is -2.25. The maximum atomic E-state index is 11.4. The molecule has 1 saturated carbocycles. The molecule has 7 heteroatoms. The Morgan fingerprint density at radius 3 is 2.83 bits per heavy atom. The molecule has 128 valence electrons. The summed E-state index contributed by atoms with van der Waals surface area (Å²) in [4.78, 5) is 24.9. The average molecular weight is 346 g/mol. The summed E-state index contributed by atoms with van der Waals surface area (Å²) >= 11 is 1.73. The van der Waals surface area contributed by atoms with Gasteiger partial charge in [0, 0.05) is 10.9 Å². The topological polar surface area (TPSA) is 92.3 Å². The van der Waals surface area contributed by atoms with Crippen LogP contribution in [0.2, 0.25) is 0 Å². The fraction of sp³-hybridized carbons (Fsp3) is 0.588. The van der Waals surface area contributed by atoms with Crippen molar-refractivity contribution in [2.24, 2.45) is 0 Å². The number of carbonyl (C=O) groups is 1. The lowest BCUT2D eigenvalue weighted by atomic mass is 9.97. The van der Waals surface area contributed by atoms with Gasteiger partial charge in [0.1, 0.15) is 22.5 Å². The molecule has 24 heavy (non-hydrogen) atoms. The zero-order valence-corrected chi connectivity index (χ0v) is 14.6. The molecule has 1 unspecified atom stereocenters. The summed E-state index contributed by atoms with van der Waals surface area (Å²) in [5.41, 5.74) is 7.59. The zero-order valence-electron chi connectivity index (χ0n) is 13.8. The highest BCUT2D eigenvalue weighted by molar-refractivity contribution is 7.19. The number of aryl methyl sites for hydroxylation is 2. The highest BCUT2D eigenvalue weighted by Crippen LogP contribution is 2.38. The third-order valence-electron chi connectivity index (χ3n) is 5.08. The number of anilines is 1. The fourth-order valence-corrected chi connectivity index (χ4v) is 4.88. The van der Waals surface area contributed by atoms with Gasteiger partial charge in [0.05, 0.1) is 11.9 Å². The summed E-state index contributed by atoms with van der Waals surface area (Å²) in [6.45, 7) is 2.17. The van der Waals surface area contributed by atoms with E-state index in [1.54, 1.807) is 18.3 Å². The van der Waals surface area contributed by atoms with Gasteiger partial charge in [-0.2, -0.15) is 0 Å². The van der Waals surface area contributed by atoms with Gasteiger partial charge >= 0.3 is 5.97 Å². The van der Waals surface area contributed by atoms with Crippen LogP contribution in [-0.4, -0.2) is 38.0 Å². The van der Waals surface area contributed by atoms with Gasteiger partial charge in [0.2, 0.25) is 0 Å². The quantitative estimate of drug-likeness (QED) is 0.864. The van der Waals surface area contributed by atoms with Gasteiger partial charge in [-0.15, -0.1) is 11.3 Å². The van der Waals surface area contributed by atoms with E-state index in [1.165, 1.54) is 23.3 Å². The number of carboxylic acids is 1. The molecule has 1 atom stereocenters. The number of rotatable bonds is 5. The molecule has 0 saturated heterocycles. The van der Waals surface area contributed by atoms with Crippen molar-refractivity contribution in [3.05, 3.63) is 16.3 Å². The molecule has 0 amide bonds.